The van der Waals surface area contributed by atoms with Crippen molar-refractivity contribution in [1.82, 2.24) is 9.97 Å². The predicted molar refractivity (Wildman–Crippen MR) is 109 cm³/mol. The fourth-order valence-electron chi connectivity index (χ4n) is 4.37. The molecule has 1 aromatic carbocycles. The van der Waals surface area contributed by atoms with Gasteiger partial charge in [0.2, 0.25) is 0 Å². The Balaban J connectivity index is 1.83. The standard InChI is InChI=1S/C20H24Cl2N4/c1-4-15(5-2)26-11-13-8-9-25(17-7-6-14(21)10-16(17)22)19-18(13)20(26)24-12(3)23-19/h6-7,10,13,15H,4-5,8-9,11H2,1-3H3. The quantitative estimate of drug-likeness (QED) is 0.667. The van der Waals surface area contributed by atoms with Crippen LogP contribution in [-0.2, 0) is 0 Å². The maximum absolute atomic E-state index is 6.51. The van der Waals surface area contributed by atoms with Crippen molar-refractivity contribution in [2.75, 3.05) is 22.9 Å². The molecule has 2 aromatic rings. The van der Waals surface area contributed by atoms with Gasteiger partial charge in [0.1, 0.15) is 17.5 Å². The van der Waals surface area contributed by atoms with Crippen LogP contribution in [0.15, 0.2) is 18.2 Å². The van der Waals surface area contributed by atoms with Crippen molar-refractivity contribution in [3.63, 3.8) is 0 Å². The van der Waals surface area contributed by atoms with Crippen molar-refractivity contribution in [2.24, 2.45) is 0 Å². The summed E-state index contributed by atoms with van der Waals surface area (Å²) in [7, 11) is 0. The average Bonchev–Trinajstić information content (AvgIpc) is 2.97. The molecule has 0 N–H and O–H groups in total. The molecular weight excluding hydrogens is 367 g/mol. The summed E-state index contributed by atoms with van der Waals surface area (Å²) in [6.07, 6.45) is 3.35. The fourth-order valence-corrected chi connectivity index (χ4v) is 4.88. The summed E-state index contributed by atoms with van der Waals surface area (Å²) in [6.45, 7) is 8.46. The van der Waals surface area contributed by atoms with E-state index in [0.717, 1.165) is 55.5 Å². The zero-order chi connectivity index (χ0) is 18.4. The second-order valence-electron chi connectivity index (χ2n) is 7.19. The van der Waals surface area contributed by atoms with Crippen LogP contribution in [0.5, 0.6) is 0 Å². The summed E-state index contributed by atoms with van der Waals surface area (Å²) in [6, 6.07) is 6.21. The molecule has 0 saturated carbocycles. The second-order valence-corrected chi connectivity index (χ2v) is 8.03. The van der Waals surface area contributed by atoms with Gasteiger partial charge in [-0.3, -0.25) is 0 Å². The molecule has 0 spiro atoms. The molecule has 2 aliphatic rings. The Bertz CT molecular complexity index is 835. The van der Waals surface area contributed by atoms with E-state index < -0.39 is 0 Å². The lowest BCUT2D eigenvalue weighted by Gasteiger charge is -2.32. The first-order chi connectivity index (χ1) is 12.5. The fraction of sp³-hybridized carbons (Fsp3) is 0.500. The van der Waals surface area contributed by atoms with Crippen molar-refractivity contribution >= 4 is 40.5 Å². The lowest BCUT2D eigenvalue weighted by atomic mass is 9.94. The van der Waals surface area contributed by atoms with Gasteiger partial charge in [0.25, 0.3) is 0 Å². The lowest BCUT2D eigenvalue weighted by molar-refractivity contribution is 0.533. The number of benzene rings is 1. The van der Waals surface area contributed by atoms with Gasteiger partial charge in [-0.1, -0.05) is 37.0 Å². The molecule has 26 heavy (non-hydrogen) atoms. The van der Waals surface area contributed by atoms with Crippen LogP contribution < -0.4 is 9.80 Å². The van der Waals surface area contributed by atoms with Gasteiger partial charge >= 0.3 is 0 Å². The summed E-state index contributed by atoms with van der Waals surface area (Å²) in [5.74, 6) is 3.46. The minimum atomic E-state index is 0.503. The minimum absolute atomic E-state index is 0.503. The highest BCUT2D eigenvalue weighted by Crippen LogP contribution is 2.49. The summed E-state index contributed by atoms with van der Waals surface area (Å²) in [5, 5.41) is 1.31. The largest absolute Gasteiger partial charge is 0.353 e. The molecule has 6 heteroatoms. The first-order valence-electron chi connectivity index (χ1n) is 9.41. The topological polar surface area (TPSA) is 32.3 Å². The zero-order valence-corrected chi connectivity index (χ0v) is 17.0. The van der Waals surface area contributed by atoms with Crippen LogP contribution in [0.2, 0.25) is 10.0 Å². The second kappa shape index (κ2) is 6.90. The van der Waals surface area contributed by atoms with Crippen LogP contribution in [0.1, 0.15) is 50.4 Å². The van der Waals surface area contributed by atoms with Crippen LogP contribution in [0.3, 0.4) is 0 Å². The number of nitrogens with zero attached hydrogens (tertiary/aromatic N) is 4. The van der Waals surface area contributed by atoms with E-state index >= 15 is 0 Å². The third kappa shape index (κ3) is 2.84. The van der Waals surface area contributed by atoms with Crippen molar-refractivity contribution in [3.05, 3.63) is 39.6 Å². The highest BCUT2D eigenvalue weighted by Gasteiger charge is 2.40. The van der Waals surface area contributed by atoms with Gasteiger partial charge in [0, 0.05) is 35.6 Å². The molecule has 0 fully saturated rings. The van der Waals surface area contributed by atoms with Gasteiger partial charge < -0.3 is 9.80 Å². The SMILES string of the molecule is CCC(CC)N1CC2CCN(c3ccc(Cl)cc3Cl)c3nc(C)nc1c32. The molecule has 3 heterocycles. The number of aryl methyl sites for hydroxylation is 1. The number of anilines is 3. The first kappa shape index (κ1) is 17.9. The summed E-state index contributed by atoms with van der Waals surface area (Å²) in [4.78, 5) is 14.4. The normalized spacial score (nSPS) is 18.6. The molecule has 0 amide bonds. The van der Waals surface area contributed by atoms with Crippen molar-refractivity contribution in [3.8, 4) is 0 Å². The number of hydrogen-bond donors (Lipinski definition) is 0. The highest BCUT2D eigenvalue weighted by atomic mass is 35.5. The molecule has 0 radical (unpaired) electrons. The van der Waals surface area contributed by atoms with Gasteiger partial charge in [-0.25, -0.2) is 9.97 Å². The van der Waals surface area contributed by atoms with Gasteiger partial charge in [0.15, 0.2) is 0 Å². The maximum Gasteiger partial charge on any atom is 0.142 e. The molecule has 1 atom stereocenters. The lowest BCUT2D eigenvalue weighted by Crippen LogP contribution is -2.34. The Labute approximate surface area is 165 Å². The van der Waals surface area contributed by atoms with E-state index in [9.17, 15) is 0 Å². The van der Waals surface area contributed by atoms with Crippen LogP contribution in [0, 0.1) is 6.92 Å². The summed E-state index contributed by atoms with van der Waals surface area (Å²) in [5.41, 5.74) is 2.26. The molecule has 4 rings (SSSR count). The van der Waals surface area contributed by atoms with Gasteiger partial charge in [0.05, 0.1) is 10.7 Å². The van der Waals surface area contributed by atoms with Gasteiger partial charge in [-0.05, 0) is 44.4 Å². The van der Waals surface area contributed by atoms with E-state index in [2.05, 4.69) is 23.6 Å². The van der Waals surface area contributed by atoms with Crippen LogP contribution in [0.4, 0.5) is 17.3 Å². The average molecular weight is 391 g/mol. The molecule has 0 aliphatic carbocycles. The highest BCUT2D eigenvalue weighted by molar-refractivity contribution is 6.36. The van der Waals surface area contributed by atoms with Crippen LogP contribution >= 0.6 is 23.2 Å². The Morgan fingerprint density at radius 1 is 1.15 bits per heavy atom. The van der Waals surface area contributed by atoms with Crippen LogP contribution in [0.25, 0.3) is 0 Å². The molecule has 2 aliphatic heterocycles. The number of halogens is 2. The van der Waals surface area contributed by atoms with E-state index in [1.165, 1.54) is 5.56 Å². The summed E-state index contributed by atoms with van der Waals surface area (Å²) < 4.78 is 0. The molecule has 138 valence electrons. The van der Waals surface area contributed by atoms with Crippen molar-refractivity contribution in [1.29, 1.82) is 0 Å². The molecule has 1 unspecified atom stereocenters. The van der Waals surface area contributed by atoms with E-state index in [-0.39, 0.29) is 0 Å². The van der Waals surface area contributed by atoms with Gasteiger partial charge in [-0.15, -0.1) is 0 Å². The maximum atomic E-state index is 6.51. The predicted octanol–water partition coefficient (Wildman–Crippen LogP) is 5.73. The summed E-state index contributed by atoms with van der Waals surface area (Å²) >= 11 is 12.6. The molecular formula is C20H24Cl2N4. The molecule has 1 aromatic heterocycles. The van der Waals surface area contributed by atoms with E-state index in [0.29, 0.717) is 22.0 Å². The molecule has 0 bridgehead atoms. The Hall–Kier alpha value is -1.52. The molecule has 0 saturated heterocycles. The third-order valence-electron chi connectivity index (χ3n) is 5.66. The van der Waals surface area contributed by atoms with Crippen molar-refractivity contribution in [2.45, 2.75) is 52.0 Å². The van der Waals surface area contributed by atoms with Crippen molar-refractivity contribution < 1.29 is 0 Å². The Kier molecular flexibility index (Phi) is 4.74. The van der Waals surface area contributed by atoms with Crippen LogP contribution in [-0.4, -0.2) is 29.1 Å². The number of hydrogen-bond acceptors (Lipinski definition) is 4. The first-order valence-corrected chi connectivity index (χ1v) is 10.2. The Morgan fingerprint density at radius 2 is 1.88 bits per heavy atom. The minimum Gasteiger partial charge on any atom is -0.353 e. The number of rotatable bonds is 4. The van der Waals surface area contributed by atoms with E-state index in [1.807, 2.05) is 19.1 Å². The molecule has 4 nitrogen and oxygen atoms in total. The number of aromatic nitrogens is 2. The third-order valence-corrected chi connectivity index (χ3v) is 6.19. The van der Waals surface area contributed by atoms with Gasteiger partial charge in [-0.2, -0.15) is 0 Å². The van der Waals surface area contributed by atoms with E-state index in [1.54, 1.807) is 6.07 Å². The smallest absolute Gasteiger partial charge is 0.142 e. The zero-order valence-electron chi connectivity index (χ0n) is 15.5. The Morgan fingerprint density at radius 3 is 2.58 bits per heavy atom. The monoisotopic (exact) mass is 390 g/mol. The van der Waals surface area contributed by atoms with E-state index in [4.69, 9.17) is 33.2 Å².